The average molecular weight is 411 g/mol. The van der Waals surface area contributed by atoms with Crippen molar-refractivity contribution in [1.82, 2.24) is 10.9 Å². The monoisotopic (exact) mass is 410 g/mol. The number of benzene rings is 2. The maximum atomic E-state index is 11.9. The van der Waals surface area contributed by atoms with Gasteiger partial charge in [-0.15, -0.1) is 0 Å². The highest BCUT2D eigenvalue weighted by molar-refractivity contribution is 7.99. The van der Waals surface area contributed by atoms with Crippen molar-refractivity contribution in [2.45, 2.75) is 26.7 Å². The molecule has 0 heterocycles. The van der Waals surface area contributed by atoms with Gasteiger partial charge in [0, 0.05) is 24.3 Å². The molecule has 2 amide bonds. The lowest BCUT2D eigenvalue weighted by Gasteiger charge is -2.04. The van der Waals surface area contributed by atoms with Crippen LogP contribution in [0.2, 0.25) is 0 Å². The largest absolute Gasteiger partial charge is 0.273 e. The van der Waals surface area contributed by atoms with Crippen LogP contribution in [0.5, 0.6) is 0 Å². The van der Waals surface area contributed by atoms with Gasteiger partial charge < -0.3 is 0 Å². The lowest BCUT2D eigenvalue weighted by molar-refractivity contribution is -0.121. The zero-order valence-corrected chi connectivity index (χ0v) is 17.5. The van der Waals surface area contributed by atoms with Gasteiger partial charge in [-0.1, -0.05) is 60.7 Å². The highest BCUT2D eigenvalue weighted by Gasteiger charge is 2.04. The number of rotatable bonds is 10. The molecule has 0 saturated carbocycles. The molecule has 0 bridgehead atoms. The van der Waals surface area contributed by atoms with Crippen molar-refractivity contribution >= 4 is 35.0 Å². The number of hydrogen-bond donors (Lipinski definition) is 2. The van der Waals surface area contributed by atoms with E-state index in [9.17, 15) is 9.59 Å². The first-order chi connectivity index (χ1) is 14.1. The average Bonchev–Trinajstić information content (AvgIpc) is 2.76. The van der Waals surface area contributed by atoms with Gasteiger partial charge in [-0.25, -0.2) is 10.9 Å². The summed E-state index contributed by atoms with van der Waals surface area (Å²) in [6.45, 7) is 3.70. The number of carbonyl (C=O) groups is 2. The minimum absolute atomic E-state index is 0.139. The van der Waals surface area contributed by atoms with Crippen LogP contribution in [0.4, 0.5) is 0 Å². The summed E-state index contributed by atoms with van der Waals surface area (Å²) in [4.78, 5) is 23.7. The molecule has 2 rings (SSSR count). The number of carbonyl (C=O) groups excluding carboxylic acids is 2. The Bertz CT molecular complexity index is 780. The maximum Gasteiger partial charge on any atom is 0.240 e. The molecule has 2 N–H and O–H groups in total. The molecule has 0 aromatic heterocycles. The molecule has 2 aromatic rings. The number of thioether (sulfide) groups is 1. The molecule has 6 nitrogen and oxygen atoms in total. The number of amides is 2. The first-order valence-electron chi connectivity index (χ1n) is 9.41. The van der Waals surface area contributed by atoms with Crippen molar-refractivity contribution in [3.63, 3.8) is 0 Å². The van der Waals surface area contributed by atoms with Crippen molar-refractivity contribution in [2.24, 2.45) is 10.2 Å². The van der Waals surface area contributed by atoms with Crippen LogP contribution in [0.3, 0.4) is 0 Å². The van der Waals surface area contributed by atoms with Crippen molar-refractivity contribution in [1.29, 1.82) is 0 Å². The van der Waals surface area contributed by atoms with Crippen LogP contribution < -0.4 is 10.9 Å². The minimum Gasteiger partial charge on any atom is -0.273 e. The van der Waals surface area contributed by atoms with Crippen LogP contribution in [0, 0.1) is 0 Å². The van der Waals surface area contributed by atoms with Crippen LogP contribution in [0.15, 0.2) is 70.9 Å². The Morgan fingerprint density at radius 1 is 0.724 bits per heavy atom. The predicted octanol–water partition coefficient (Wildman–Crippen LogP) is 3.58. The number of nitrogens with zero attached hydrogens (tertiary/aromatic N) is 2. The third kappa shape index (κ3) is 8.74. The smallest absolute Gasteiger partial charge is 0.240 e. The lowest BCUT2D eigenvalue weighted by Crippen LogP contribution is -2.20. The summed E-state index contributed by atoms with van der Waals surface area (Å²) in [5.74, 6) is 0.983. The van der Waals surface area contributed by atoms with Crippen LogP contribution in [0.1, 0.15) is 37.8 Å². The van der Waals surface area contributed by atoms with Crippen molar-refractivity contribution in [2.75, 3.05) is 11.5 Å². The van der Waals surface area contributed by atoms with Crippen LogP contribution in [-0.4, -0.2) is 34.7 Å². The van der Waals surface area contributed by atoms with E-state index in [0.717, 1.165) is 22.6 Å². The van der Waals surface area contributed by atoms with Gasteiger partial charge in [0.1, 0.15) is 0 Å². The summed E-state index contributed by atoms with van der Waals surface area (Å²) in [5.41, 5.74) is 8.59. The molecule has 0 atom stereocenters. The van der Waals surface area contributed by atoms with Crippen LogP contribution in [0.25, 0.3) is 0 Å². The summed E-state index contributed by atoms with van der Waals surface area (Å²) in [6.07, 6.45) is 0.701. The Morgan fingerprint density at radius 2 is 1.10 bits per heavy atom. The maximum absolute atomic E-state index is 11.9. The Kier molecular flexibility index (Phi) is 9.65. The summed E-state index contributed by atoms with van der Waals surface area (Å²) in [5, 5.41) is 8.23. The van der Waals surface area contributed by atoms with E-state index in [1.54, 1.807) is 11.8 Å². The van der Waals surface area contributed by atoms with Gasteiger partial charge in [-0.2, -0.15) is 22.0 Å². The molecule has 0 aliphatic rings. The SMILES string of the molecule is CC(=NNC(=O)CCSCCC(=O)N/N=C(/C)c1ccccc1)c1ccccc1. The molecule has 7 heteroatoms. The van der Waals surface area contributed by atoms with Crippen LogP contribution >= 0.6 is 11.8 Å². The molecule has 0 aliphatic carbocycles. The summed E-state index contributed by atoms with van der Waals surface area (Å²) >= 11 is 1.55. The fourth-order valence-corrected chi connectivity index (χ4v) is 3.19. The fraction of sp³-hybridized carbons (Fsp3) is 0.273. The minimum atomic E-state index is -0.139. The highest BCUT2D eigenvalue weighted by atomic mass is 32.2. The van der Waals surface area contributed by atoms with E-state index in [0.29, 0.717) is 24.3 Å². The molecule has 0 unspecified atom stereocenters. The van der Waals surface area contributed by atoms with Gasteiger partial charge in [0.15, 0.2) is 0 Å². The van der Waals surface area contributed by atoms with E-state index in [1.165, 1.54) is 0 Å². The Morgan fingerprint density at radius 3 is 1.48 bits per heavy atom. The van der Waals surface area contributed by atoms with Gasteiger partial charge in [0.2, 0.25) is 11.8 Å². The van der Waals surface area contributed by atoms with Crippen molar-refractivity contribution in [3.05, 3.63) is 71.8 Å². The predicted molar refractivity (Wildman–Crippen MR) is 120 cm³/mol. The quantitative estimate of drug-likeness (QED) is 0.357. The molecule has 29 heavy (non-hydrogen) atoms. The van der Waals surface area contributed by atoms with E-state index in [1.807, 2.05) is 74.5 Å². The number of hydrogen-bond acceptors (Lipinski definition) is 5. The second-order valence-electron chi connectivity index (χ2n) is 6.31. The Balaban J connectivity index is 1.59. The highest BCUT2D eigenvalue weighted by Crippen LogP contribution is 2.05. The third-order valence-corrected chi connectivity index (χ3v) is 5.01. The van der Waals surface area contributed by atoms with E-state index in [-0.39, 0.29) is 11.8 Å². The van der Waals surface area contributed by atoms with Gasteiger partial charge in [0.25, 0.3) is 0 Å². The molecule has 0 aliphatic heterocycles. The summed E-state index contributed by atoms with van der Waals surface area (Å²) in [6, 6.07) is 19.3. The molecular weight excluding hydrogens is 384 g/mol. The van der Waals surface area contributed by atoms with Crippen LogP contribution in [-0.2, 0) is 9.59 Å². The summed E-state index contributed by atoms with van der Waals surface area (Å²) in [7, 11) is 0. The van der Waals surface area contributed by atoms with E-state index < -0.39 is 0 Å². The zero-order valence-electron chi connectivity index (χ0n) is 16.7. The Hall–Kier alpha value is -2.93. The third-order valence-electron chi connectivity index (χ3n) is 4.03. The molecular formula is C22H26N4O2S. The zero-order chi connectivity index (χ0) is 20.9. The molecule has 0 fully saturated rings. The van der Waals surface area contributed by atoms with Gasteiger partial charge >= 0.3 is 0 Å². The second kappa shape index (κ2) is 12.5. The first kappa shape index (κ1) is 22.4. The van der Waals surface area contributed by atoms with E-state index in [2.05, 4.69) is 21.1 Å². The van der Waals surface area contributed by atoms with Gasteiger partial charge in [-0.05, 0) is 25.0 Å². The molecule has 0 saturated heterocycles. The van der Waals surface area contributed by atoms with Gasteiger partial charge in [-0.3, -0.25) is 9.59 Å². The van der Waals surface area contributed by atoms with E-state index >= 15 is 0 Å². The second-order valence-corrected chi connectivity index (χ2v) is 7.53. The topological polar surface area (TPSA) is 82.9 Å². The number of nitrogens with one attached hydrogen (secondary N) is 2. The molecule has 152 valence electrons. The fourth-order valence-electron chi connectivity index (χ4n) is 2.32. The normalized spacial score (nSPS) is 11.8. The van der Waals surface area contributed by atoms with Crippen molar-refractivity contribution < 1.29 is 9.59 Å². The van der Waals surface area contributed by atoms with E-state index in [4.69, 9.17) is 0 Å². The molecule has 2 aromatic carbocycles. The molecule has 0 radical (unpaired) electrons. The van der Waals surface area contributed by atoms with Crippen molar-refractivity contribution in [3.8, 4) is 0 Å². The van der Waals surface area contributed by atoms with Gasteiger partial charge in [0.05, 0.1) is 11.4 Å². The lowest BCUT2D eigenvalue weighted by atomic mass is 10.1. The number of hydrazone groups is 2. The molecule has 0 spiro atoms. The Labute approximate surface area is 175 Å². The summed E-state index contributed by atoms with van der Waals surface area (Å²) < 4.78 is 0. The first-order valence-corrected chi connectivity index (χ1v) is 10.6. The standard InChI is InChI=1S/C22H26N4O2S/c1-17(19-9-5-3-6-10-19)23-25-21(27)13-15-29-16-14-22(28)26-24-18(2)20-11-7-4-8-12-20/h3-12H,13-16H2,1-2H3,(H,25,27)(H,26,28)/b23-17-,24-18?.